The zero-order valence-corrected chi connectivity index (χ0v) is 10.5. The molecule has 0 aromatic rings. The lowest BCUT2D eigenvalue weighted by atomic mass is 9.61. The van der Waals surface area contributed by atoms with Crippen molar-refractivity contribution in [2.45, 2.75) is 39.7 Å². The fourth-order valence-electron chi connectivity index (χ4n) is 2.66. The van der Waals surface area contributed by atoms with Gasteiger partial charge < -0.3 is 10.4 Å². The molecule has 3 heteroatoms. The number of rotatable bonds is 3. The molecule has 3 unspecified atom stereocenters. The molecule has 2 N–H and O–H groups in total. The minimum Gasteiger partial charge on any atom is -0.396 e. The summed E-state index contributed by atoms with van der Waals surface area (Å²) in [6.45, 7) is 10.2. The second-order valence-corrected chi connectivity index (χ2v) is 5.39. The van der Waals surface area contributed by atoms with Gasteiger partial charge in [0.2, 0.25) is 5.91 Å². The SMILES string of the molecule is C=CC(=O)NC1CCC(CO)C(C)(C)C1C. The fourth-order valence-corrected chi connectivity index (χ4v) is 2.66. The summed E-state index contributed by atoms with van der Waals surface area (Å²) in [4.78, 5) is 11.3. The van der Waals surface area contributed by atoms with E-state index in [1.807, 2.05) is 0 Å². The summed E-state index contributed by atoms with van der Waals surface area (Å²) in [5.74, 6) is 0.594. The van der Waals surface area contributed by atoms with Crippen LogP contribution in [0.2, 0.25) is 0 Å². The van der Waals surface area contributed by atoms with Gasteiger partial charge in [0.15, 0.2) is 0 Å². The molecular formula is C13H23NO2. The number of nitrogens with one attached hydrogen (secondary N) is 1. The van der Waals surface area contributed by atoms with Gasteiger partial charge in [-0.25, -0.2) is 0 Å². The average molecular weight is 225 g/mol. The zero-order valence-electron chi connectivity index (χ0n) is 10.5. The molecular weight excluding hydrogens is 202 g/mol. The van der Waals surface area contributed by atoms with Crippen molar-refractivity contribution in [2.24, 2.45) is 17.3 Å². The summed E-state index contributed by atoms with van der Waals surface area (Å²) in [5, 5.41) is 12.3. The van der Waals surface area contributed by atoms with Gasteiger partial charge in [-0.05, 0) is 36.2 Å². The van der Waals surface area contributed by atoms with Crippen LogP contribution < -0.4 is 5.32 Å². The van der Waals surface area contributed by atoms with E-state index >= 15 is 0 Å². The number of aliphatic hydroxyl groups excluding tert-OH is 1. The van der Waals surface area contributed by atoms with Gasteiger partial charge in [-0.2, -0.15) is 0 Å². The van der Waals surface area contributed by atoms with Crippen LogP contribution in [0, 0.1) is 17.3 Å². The summed E-state index contributed by atoms with van der Waals surface area (Å²) in [6, 6.07) is 0.197. The third-order valence-corrected chi connectivity index (χ3v) is 4.39. The van der Waals surface area contributed by atoms with Crippen molar-refractivity contribution < 1.29 is 9.90 Å². The normalized spacial score (nSPS) is 33.1. The molecule has 1 saturated carbocycles. The highest BCUT2D eigenvalue weighted by atomic mass is 16.3. The molecule has 0 aliphatic heterocycles. The van der Waals surface area contributed by atoms with Crippen molar-refractivity contribution in [3.05, 3.63) is 12.7 Å². The number of carbonyl (C=O) groups is 1. The summed E-state index contributed by atoms with van der Waals surface area (Å²) in [6.07, 6.45) is 3.23. The van der Waals surface area contributed by atoms with Gasteiger partial charge in [-0.3, -0.25) is 4.79 Å². The number of hydrogen-bond donors (Lipinski definition) is 2. The molecule has 1 aliphatic rings. The Balaban J connectivity index is 2.72. The molecule has 0 saturated heterocycles. The Morgan fingerprint density at radius 1 is 1.56 bits per heavy atom. The first-order valence-corrected chi connectivity index (χ1v) is 5.97. The summed E-state index contributed by atoms with van der Waals surface area (Å²) >= 11 is 0. The third kappa shape index (κ3) is 2.46. The van der Waals surface area contributed by atoms with Crippen LogP contribution in [-0.2, 0) is 4.79 Å². The molecule has 3 nitrogen and oxygen atoms in total. The van der Waals surface area contributed by atoms with E-state index in [4.69, 9.17) is 0 Å². The van der Waals surface area contributed by atoms with Crippen LogP contribution >= 0.6 is 0 Å². The van der Waals surface area contributed by atoms with Crippen molar-refractivity contribution in [1.82, 2.24) is 5.32 Å². The first-order valence-electron chi connectivity index (χ1n) is 5.97. The maximum atomic E-state index is 11.3. The standard InChI is InChI=1S/C13H23NO2/c1-5-12(16)14-11-7-6-10(8-15)13(3,4)9(11)2/h5,9-11,15H,1,6-8H2,2-4H3,(H,14,16). The van der Waals surface area contributed by atoms with Gasteiger partial charge >= 0.3 is 0 Å². The van der Waals surface area contributed by atoms with E-state index in [1.54, 1.807) is 0 Å². The minimum atomic E-state index is -0.102. The van der Waals surface area contributed by atoms with Gasteiger partial charge in [-0.15, -0.1) is 0 Å². The predicted octanol–water partition coefficient (Wildman–Crippen LogP) is 1.72. The molecule has 1 amide bonds. The van der Waals surface area contributed by atoms with Gasteiger partial charge in [0.1, 0.15) is 0 Å². The molecule has 0 bridgehead atoms. The first-order chi connectivity index (χ1) is 7.43. The highest BCUT2D eigenvalue weighted by Gasteiger charge is 2.42. The Morgan fingerprint density at radius 3 is 2.69 bits per heavy atom. The Hall–Kier alpha value is -0.830. The monoisotopic (exact) mass is 225 g/mol. The molecule has 0 spiro atoms. The van der Waals surface area contributed by atoms with E-state index in [9.17, 15) is 9.90 Å². The zero-order chi connectivity index (χ0) is 12.3. The maximum absolute atomic E-state index is 11.3. The summed E-state index contributed by atoms with van der Waals surface area (Å²) in [5.41, 5.74) is 0.0616. The summed E-state index contributed by atoms with van der Waals surface area (Å²) < 4.78 is 0. The summed E-state index contributed by atoms with van der Waals surface area (Å²) in [7, 11) is 0. The largest absolute Gasteiger partial charge is 0.396 e. The Kier molecular flexibility index (Phi) is 4.14. The van der Waals surface area contributed by atoms with Crippen molar-refractivity contribution in [2.75, 3.05) is 6.61 Å². The van der Waals surface area contributed by atoms with Gasteiger partial charge in [0.05, 0.1) is 0 Å². The predicted molar refractivity (Wildman–Crippen MR) is 64.9 cm³/mol. The lowest BCUT2D eigenvalue weighted by Gasteiger charge is -2.47. The second kappa shape index (κ2) is 5.00. The van der Waals surface area contributed by atoms with E-state index in [0.717, 1.165) is 12.8 Å². The minimum absolute atomic E-state index is 0.0616. The number of aliphatic hydroxyl groups is 1. The Bertz CT molecular complexity index is 273. The van der Waals surface area contributed by atoms with Crippen molar-refractivity contribution in [3.8, 4) is 0 Å². The van der Waals surface area contributed by atoms with Gasteiger partial charge in [0.25, 0.3) is 0 Å². The number of hydrogen-bond acceptors (Lipinski definition) is 2. The van der Waals surface area contributed by atoms with E-state index in [2.05, 4.69) is 32.7 Å². The maximum Gasteiger partial charge on any atom is 0.243 e. The number of amides is 1. The van der Waals surface area contributed by atoms with Gasteiger partial charge in [0, 0.05) is 12.6 Å². The van der Waals surface area contributed by atoms with Crippen molar-refractivity contribution in [1.29, 1.82) is 0 Å². The highest BCUT2D eigenvalue weighted by molar-refractivity contribution is 5.87. The topological polar surface area (TPSA) is 49.3 Å². The third-order valence-electron chi connectivity index (χ3n) is 4.39. The van der Waals surface area contributed by atoms with E-state index < -0.39 is 0 Å². The van der Waals surface area contributed by atoms with Gasteiger partial charge in [-0.1, -0.05) is 27.4 Å². The lowest BCUT2D eigenvalue weighted by molar-refractivity contribution is -0.118. The van der Waals surface area contributed by atoms with Crippen LogP contribution in [-0.4, -0.2) is 23.7 Å². The average Bonchev–Trinajstić information content (AvgIpc) is 2.25. The molecule has 1 aliphatic carbocycles. The van der Waals surface area contributed by atoms with E-state index in [1.165, 1.54) is 6.08 Å². The lowest BCUT2D eigenvalue weighted by Crippen LogP contribution is -2.51. The van der Waals surface area contributed by atoms with E-state index in [-0.39, 0.29) is 24.0 Å². The quantitative estimate of drug-likeness (QED) is 0.719. The molecule has 0 heterocycles. The molecule has 16 heavy (non-hydrogen) atoms. The first kappa shape index (κ1) is 13.2. The Labute approximate surface area is 97.9 Å². The van der Waals surface area contributed by atoms with Crippen LogP contribution in [0.25, 0.3) is 0 Å². The van der Waals surface area contributed by atoms with Crippen LogP contribution in [0.15, 0.2) is 12.7 Å². The second-order valence-electron chi connectivity index (χ2n) is 5.39. The molecule has 3 atom stereocenters. The fraction of sp³-hybridized carbons (Fsp3) is 0.769. The molecule has 0 radical (unpaired) electrons. The molecule has 92 valence electrons. The molecule has 1 rings (SSSR count). The highest BCUT2D eigenvalue weighted by Crippen LogP contribution is 2.44. The van der Waals surface area contributed by atoms with Crippen molar-refractivity contribution >= 4 is 5.91 Å². The van der Waals surface area contributed by atoms with Crippen LogP contribution in [0.5, 0.6) is 0 Å². The number of carbonyl (C=O) groups excluding carboxylic acids is 1. The van der Waals surface area contributed by atoms with Crippen LogP contribution in [0.4, 0.5) is 0 Å². The molecule has 0 aromatic carbocycles. The smallest absolute Gasteiger partial charge is 0.243 e. The van der Waals surface area contributed by atoms with Crippen LogP contribution in [0.1, 0.15) is 33.6 Å². The molecule has 0 aromatic heterocycles. The van der Waals surface area contributed by atoms with Crippen LogP contribution in [0.3, 0.4) is 0 Å². The molecule has 1 fully saturated rings. The van der Waals surface area contributed by atoms with Crippen molar-refractivity contribution in [3.63, 3.8) is 0 Å². The Morgan fingerprint density at radius 2 is 2.19 bits per heavy atom. The van der Waals surface area contributed by atoms with E-state index in [0.29, 0.717) is 11.8 Å².